The minimum Gasteiger partial charge on any atom is -0.388 e. The summed E-state index contributed by atoms with van der Waals surface area (Å²) >= 11 is 0. The summed E-state index contributed by atoms with van der Waals surface area (Å²) in [6.45, 7) is 3.26. The number of hydrogen-bond donors (Lipinski definition) is 1. The average molecular weight is 313 g/mol. The second kappa shape index (κ2) is 6.96. The molecule has 1 amide bonds. The molecule has 0 radical (unpaired) electrons. The SMILES string of the molecule is C[C@H](C(=O)N1CCC([C@H](O)c2ccccc2)CC1)n1cccn1. The van der Waals surface area contributed by atoms with E-state index < -0.39 is 6.10 Å². The predicted octanol–water partition coefficient (Wildman–Crippen LogP) is 2.42. The van der Waals surface area contributed by atoms with Gasteiger partial charge in [0, 0.05) is 25.5 Å². The summed E-state index contributed by atoms with van der Waals surface area (Å²) in [5, 5.41) is 14.7. The topological polar surface area (TPSA) is 58.4 Å². The van der Waals surface area contributed by atoms with Crippen molar-refractivity contribution in [2.24, 2.45) is 5.92 Å². The van der Waals surface area contributed by atoms with Gasteiger partial charge in [-0.15, -0.1) is 0 Å². The first-order valence-electron chi connectivity index (χ1n) is 8.17. The van der Waals surface area contributed by atoms with Crippen LogP contribution in [-0.2, 0) is 4.79 Å². The smallest absolute Gasteiger partial charge is 0.247 e. The van der Waals surface area contributed by atoms with E-state index in [0.29, 0.717) is 13.1 Å². The molecule has 0 bridgehead atoms. The van der Waals surface area contributed by atoms with Gasteiger partial charge in [-0.05, 0) is 37.3 Å². The number of amides is 1. The molecule has 3 rings (SSSR count). The maximum absolute atomic E-state index is 12.5. The Morgan fingerprint density at radius 1 is 1.22 bits per heavy atom. The van der Waals surface area contributed by atoms with Crippen molar-refractivity contribution in [1.82, 2.24) is 14.7 Å². The summed E-state index contributed by atoms with van der Waals surface area (Å²) in [5.41, 5.74) is 0.960. The molecule has 1 N–H and O–H groups in total. The van der Waals surface area contributed by atoms with Gasteiger partial charge in [0.15, 0.2) is 0 Å². The van der Waals surface area contributed by atoms with E-state index in [1.807, 2.05) is 54.4 Å². The lowest BCUT2D eigenvalue weighted by atomic mass is 9.87. The van der Waals surface area contributed by atoms with Crippen LogP contribution in [0.3, 0.4) is 0 Å². The van der Waals surface area contributed by atoms with Gasteiger partial charge in [-0.25, -0.2) is 0 Å². The van der Waals surface area contributed by atoms with Crippen LogP contribution < -0.4 is 0 Å². The Balaban J connectivity index is 1.57. The molecule has 1 aromatic heterocycles. The Labute approximate surface area is 136 Å². The van der Waals surface area contributed by atoms with Gasteiger partial charge in [0.25, 0.3) is 0 Å². The lowest BCUT2D eigenvalue weighted by molar-refractivity contribution is -0.136. The van der Waals surface area contributed by atoms with Crippen molar-refractivity contribution < 1.29 is 9.90 Å². The van der Waals surface area contributed by atoms with Crippen molar-refractivity contribution >= 4 is 5.91 Å². The molecule has 5 heteroatoms. The van der Waals surface area contributed by atoms with Gasteiger partial charge in [-0.1, -0.05) is 30.3 Å². The molecule has 2 atom stereocenters. The minimum atomic E-state index is -0.447. The van der Waals surface area contributed by atoms with Crippen LogP contribution in [-0.4, -0.2) is 38.8 Å². The van der Waals surface area contributed by atoms with Crippen LogP contribution in [0, 0.1) is 5.92 Å². The number of hydrogen-bond acceptors (Lipinski definition) is 3. The van der Waals surface area contributed by atoms with Gasteiger partial charge >= 0.3 is 0 Å². The number of piperidine rings is 1. The van der Waals surface area contributed by atoms with Crippen LogP contribution in [0.5, 0.6) is 0 Å². The van der Waals surface area contributed by atoms with Crippen molar-refractivity contribution in [3.05, 3.63) is 54.4 Å². The summed E-state index contributed by atoms with van der Waals surface area (Å²) in [5.74, 6) is 0.308. The Kier molecular flexibility index (Phi) is 4.76. The van der Waals surface area contributed by atoms with E-state index in [9.17, 15) is 9.90 Å². The summed E-state index contributed by atoms with van der Waals surface area (Å²) in [4.78, 5) is 14.4. The zero-order chi connectivity index (χ0) is 16.2. The lowest BCUT2D eigenvalue weighted by Crippen LogP contribution is -2.42. The number of benzene rings is 1. The molecular formula is C18H23N3O2. The lowest BCUT2D eigenvalue weighted by Gasteiger charge is -2.35. The standard InChI is InChI=1S/C18H23N3O2/c1-14(21-11-5-10-19-21)18(23)20-12-8-16(9-13-20)17(22)15-6-3-2-4-7-15/h2-7,10-11,14,16-17,22H,8-9,12-13H2,1H3/t14-,17-/m1/s1. The third-order valence-corrected chi connectivity index (χ3v) is 4.72. The van der Waals surface area contributed by atoms with Crippen LogP contribution in [0.15, 0.2) is 48.8 Å². The van der Waals surface area contributed by atoms with Crippen molar-refractivity contribution in [3.63, 3.8) is 0 Å². The maximum Gasteiger partial charge on any atom is 0.247 e. The highest BCUT2D eigenvalue weighted by molar-refractivity contribution is 5.80. The summed E-state index contributed by atoms with van der Waals surface area (Å²) in [6.07, 6.45) is 4.71. The van der Waals surface area contributed by atoms with Crippen molar-refractivity contribution in [2.75, 3.05) is 13.1 Å². The number of aliphatic hydroxyl groups excluding tert-OH is 1. The number of aliphatic hydroxyl groups is 1. The molecule has 23 heavy (non-hydrogen) atoms. The number of nitrogens with zero attached hydrogens (tertiary/aromatic N) is 3. The van der Waals surface area contributed by atoms with E-state index in [-0.39, 0.29) is 17.9 Å². The Hall–Kier alpha value is -2.14. The molecule has 1 aliphatic heterocycles. The third kappa shape index (κ3) is 3.45. The fourth-order valence-electron chi connectivity index (χ4n) is 3.25. The molecule has 2 heterocycles. The first-order valence-corrected chi connectivity index (χ1v) is 8.17. The first-order chi connectivity index (χ1) is 11.2. The summed E-state index contributed by atoms with van der Waals surface area (Å²) in [7, 11) is 0. The van der Waals surface area contributed by atoms with Crippen molar-refractivity contribution in [1.29, 1.82) is 0 Å². The molecule has 0 saturated carbocycles. The summed E-state index contributed by atoms with van der Waals surface area (Å²) < 4.78 is 1.69. The van der Waals surface area contributed by atoms with Crippen molar-refractivity contribution in [3.8, 4) is 0 Å². The molecule has 1 fully saturated rings. The molecule has 5 nitrogen and oxygen atoms in total. The fourth-order valence-corrected chi connectivity index (χ4v) is 3.25. The number of aromatic nitrogens is 2. The normalized spacial score (nSPS) is 18.6. The number of carbonyl (C=O) groups is 1. The van der Waals surface area contributed by atoms with Crippen LogP contribution in [0.25, 0.3) is 0 Å². The van der Waals surface area contributed by atoms with Gasteiger partial charge < -0.3 is 10.0 Å². The molecule has 1 aromatic carbocycles. The largest absolute Gasteiger partial charge is 0.388 e. The molecule has 0 aliphatic carbocycles. The zero-order valence-corrected chi connectivity index (χ0v) is 13.4. The molecule has 0 spiro atoms. The quantitative estimate of drug-likeness (QED) is 0.943. The second-order valence-corrected chi connectivity index (χ2v) is 6.18. The molecule has 0 unspecified atom stereocenters. The average Bonchev–Trinajstić information content (AvgIpc) is 3.15. The van der Waals surface area contributed by atoms with Crippen LogP contribution >= 0.6 is 0 Å². The second-order valence-electron chi connectivity index (χ2n) is 6.18. The highest BCUT2D eigenvalue weighted by atomic mass is 16.3. The molecular weight excluding hydrogens is 290 g/mol. The summed E-state index contributed by atoms with van der Waals surface area (Å²) in [6, 6.07) is 11.3. The predicted molar refractivity (Wildman–Crippen MR) is 87.6 cm³/mol. The van der Waals surface area contributed by atoms with Crippen LogP contribution in [0.2, 0.25) is 0 Å². The van der Waals surface area contributed by atoms with Gasteiger partial charge in [0.1, 0.15) is 6.04 Å². The van der Waals surface area contributed by atoms with Gasteiger partial charge in [-0.3, -0.25) is 9.48 Å². The first kappa shape index (κ1) is 15.7. The molecule has 2 aromatic rings. The maximum atomic E-state index is 12.5. The molecule has 122 valence electrons. The van der Waals surface area contributed by atoms with Crippen molar-refractivity contribution in [2.45, 2.75) is 31.9 Å². The highest BCUT2D eigenvalue weighted by Gasteiger charge is 2.30. The Morgan fingerprint density at radius 3 is 2.52 bits per heavy atom. The molecule has 1 saturated heterocycles. The zero-order valence-electron chi connectivity index (χ0n) is 13.4. The Bertz CT molecular complexity index is 619. The van der Waals surface area contributed by atoms with E-state index >= 15 is 0 Å². The van der Waals surface area contributed by atoms with E-state index in [2.05, 4.69) is 5.10 Å². The number of likely N-dealkylation sites (tertiary alicyclic amines) is 1. The van der Waals surface area contributed by atoms with Crippen LogP contribution in [0.4, 0.5) is 0 Å². The number of carbonyl (C=O) groups excluding carboxylic acids is 1. The third-order valence-electron chi connectivity index (χ3n) is 4.72. The van der Waals surface area contributed by atoms with E-state index in [1.54, 1.807) is 10.9 Å². The van der Waals surface area contributed by atoms with E-state index in [0.717, 1.165) is 18.4 Å². The minimum absolute atomic E-state index is 0.0985. The highest BCUT2D eigenvalue weighted by Crippen LogP contribution is 2.31. The van der Waals surface area contributed by atoms with Crippen LogP contribution in [0.1, 0.15) is 37.5 Å². The van der Waals surface area contributed by atoms with E-state index in [1.165, 1.54) is 0 Å². The van der Waals surface area contributed by atoms with Gasteiger partial charge in [0.05, 0.1) is 6.10 Å². The fraction of sp³-hybridized carbons (Fsp3) is 0.444. The molecule has 1 aliphatic rings. The number of rotatable bonds is 4. The van der Waals surface area contributed by atoms with Gasteiger partial charge in [-0.2, -0.15) is 5.10 Å². The van der Waals surface area contributed by atoms with Gasteiger partial charge in [0.2, 0.25) is 5.91 Å². The Morgan fingerprint density at radius 2 is 1.91 bits per heavy atom. The van der Waals surface area contributed by atoms with E-state index in [4.69, 9.17) is 0 Å². The monoisotopic (exact) mass is 313 g/mol.